The second-order valence-corrected chi connectivity index (χ2v) is 5.73. The Morgan fingerprint density at radius 3 is 2.52 bits per heavy atom. The standard InChI is InChI=1S/C20H22N2O4S/c1-4-26-16-8-6-5-7-15(16)21-20(27)22-19(23)12-10-14-9-11-17(24-2)18(13-14)25-3/h5-13H,4H2,1-3H3,(H2,21,22,23,27). The van der Waals surface area contributed by atoms with Crippen molar-refractivity contribution in [1.82, 2.24) is 5.32 Å². The molecule has 2 aromatic rings. The molecule has 2 rings (SSSR count). The number of carbonyl (C=O) groups excluding carboxylic acids is 1. The van der Waals surface area contributed by atoms with Crippen LogP contribution in [0.2, 0.25) is 0 Å². The van der Waals surface area contributed by atoms with Crippen molar-refractivity contribution in [2.75, 3.05) is 26.1 Å². The van der Waals surface area contributed by atoms with Crippen LogP contribution in [0.5, 0.6) is 17.2 Å². The van der Waals surface area contributed by atoms with E-state index in [1.165, 1.54) is 6.08 Å². The zero-order chi connectivity index (χ0) is 19.6. The molecule has 0 aliphatic carbocycles. The van der Waals surface area contributed by atoms with Gasteiger partial charge in [0.05, 0.1) is 26.5 Å². The summed E-state index contributed by atoms with van der Waals surface area (Å²) in [6, 6.07) is 12.7. The van der Waals surface area contributed by atoms with E-state index in [1.807, 2.05) is 37.3 Å². The fourth-order valence-electron chi connectivity index (χ4n) is 2.29. The van der Waals surface area contributed by atoms with E-state index >= 15 is 0 Å². The van der Waals surface area contributed by atoms with E-state index in [2.05, 4.69) is 10.6 Å². The van der Waals surface area contributed by atoms with Gasteiger partial charge >= 0.3 is 0 Å². The lowest BCUT2D eigenvalue weighted by molar-refractivity contribution is -0.115. The second kappa shape index (κ2) is 10.2. The minimum Gasteiger partial charge on any atom is -0.493 e. The fraction of sp³-hybridized carbons (Fsp3) is 0.200. The highest BCUT2D eigenvalue weighted by Gasteiger charge is 2.07. The molecular formula is C20H22N2O4S. The zero-order valence-electron chi connectivity index (χ0n) is 15.4. The van der Waals surface area contributed by atoms with Gasteiger partial charge in [-0.2, -0.15) is 0 Å². The Morgan fingerprint density at radius 2 is 1.81 bits per heavy atom. The summed E-state index contributed by atoms with van der Waals surface area (Å²) in [5.74, 6) is 1.52. The van der Waals surface area contributed by atoms with Crippen molar-refractivity contribution >= 4 is 35.0 Å². The summed E-state index contributed by atoms with van der Waals surface area (Å²) in [5, 5.41) is 5.75. The summed E-state index contributed by atoms with van der Waals surface area (Å²) in [6.45, 7) is 2.43. The summed E-state index contributed by atoms with van der Waals surface area (Å²) in [5.41, 5.74) is 1.48. The number of nitrogens with one attached hydrogen (secondary N) is 2. The van der Waals surface area contributed by atoms with E-state index in [9.17, 15) is 4.79 Å². The Kier molecular flexibility index (Phi) is 7.63. The quantitative estimate of drug-likeness (QED) is 0.559. The number of anilines is 1. The molecule has 0 spiro atoms. The molecule has 6 nitrogen and oxygen atoms in total. The number of amides is 1. The number of rotatable bonds is 7. The first-order chi connectivity index (χ1) is 13.1. The van der Waals surface area contributed by atoms with Crippen LogP contribution in [-0.4, -0.2) is 31.8 Å². The molecule has 0 atom stereocenters. The van der Waals surface area contributed by atoms with Crippen molar-refractivity contribution < 1.29 is 19.0 Å². The molecule has 0 saturated carbocycles. The lowest BCUT2D eigenvalue weighted by Crippen LogP contribution is -2.32. The van der Waals surface area contributed by atoms with Crippen molar-refractivity contribution in [2.45, 2.75) is 6.92 Å². The highest BCUT2D eigenvalue weighted by atomic mass is 32.1. The lowest BCUT2D eigenvalue weighted by atomic mass is 10.2. The van der Waals surface area contributed by atoms with Crippen molar-refractivity contribution in [1.29, 1.82) is 0 Å². The molecule has 0 aromatic heterocycles. The Labute approximate surface area is 164 Å². The molecule has 7 heteroatoms. The highest BCUT2D eigenvalue weighted by Crippen LogP contribution is 2.28. The summed E-state index contributed by atoms with van der Waals surface area (Å²) >= 11 is 5.19. The van der Waals surface area contributed by atoms with Gasteiger partial charge in [-0.15, -0.1) is 0 Å². The minimum absolute atomic E-state index is 0.184. The average Bonchev–Trinajstić information content (AvgIpc) is 2.67. The van der Waals surface area contributed by atoms with Gasteiger partial charge < -0.3 is 19.5 Å². The van der Waals surface area contributed by atoms with Crippen LogP contribution < -0.4 is 24.8 Å². The molecule has 0 radical (unpaired) electrons. The Morgan fingerprint density at radius 1 is 1.07 bits per heavy atom. The molecule has 0 saturated heterocycles. The monoisotopic (exact) mass is 386 g/mol. The third-order valence-electron chi connectivity index (χ3n) is 3.51. The SMILES string of the molecule is CCOc1ccccc1NC(=S)NC(=O)C=Cc1ccc(OC)c(OC)c1. The third-order valence-corrected chi connectivity index (χ3v) is 3.71. The molecule has 0 unspecified atom stereocenters. The largest absolute Gasteiger partial charge is 0.493 e. The molecule has 142 valence electrons. The van der Waals surface area contributed by atoms with Crippen LogP contribution in [0.1, 0.15) is 12.5 Å². The van der Waals surface area contributed by atoms with Gasteiger partial charge in [0, 0.05) is 6.08 Å². The predicted octanol–water partition coefficient (Wildman–Crippen LogP) is 3.63. The molecule has 0 heterocycles. The summed E-state index contributed by atoms with van der Waals surface area (Å²) < 4.78 is 16.0. The van der Waals surface area contributed by atoms with Crippen LogP contribution in [-0.2, 0) is 4.79 Å². The number of para-hydroxylation sites is 2. The number of thiocarbonyl (C=S) groups is 1. The second-order valence-electron chi connectivity index (χ2n) is 5.32. The first-order valence-electron chi connectivity index (χ1n) is 8.31. The van der Waals surface area contributed by atoms with Gasteiger partial charge in [0.15, 0.2) is 16.6 Å². The number of benzene rings is 2. The summed E-state index contributed by atoms with van der Waals surface area (Å²) in [6.07, 6.45) is 3.05. The first-order valence-corrected chi connectivity index (χ1v) is 8.72. The molecule has 2 N–H and O–H groups in total. The Bertz CT molecular complexity index is 836. The normalized spacial score (nSPS) is 10.3. The number of methoxy groups -OCH3 is 2. The van der Waals surface area contributed by atoms with E-state index in [1.54, 1.807) is 32.4 Å². The van der Waals surface area contributed by atoms with E-state index < -0.39 is 0 Å². The van der Waals surface area contributed by atoms with E-state index in [0.717, 1.165) is 5.56 Å². The van der Waals surface area contributed by atoms with Crippen molar-refractivity contribution in [3.05, 3.63) is 54.1 Å². The van der Waals surface area contributed by atoms with Crippen molar-refractivity contribution in [2.24, 2.45) is 0 Å². The van der Waals surface area contributed by atoms with E-state index in [0.29, 0.717) is 29.5 Å². The highest BCUT2D eigenvalue weighted by molar-refractivity contribution is 7.80. The summed E-state index contributed by atoms with van der Waals surface area (Å²) in [4.78, 5) is 12.1. The molecular weight excluding hydrogens is 364 g/mol. The molecule has 0 aliphatic rings. The third kappa shape index (κ3) is 6.00. The number of hydrogen-bond donors (Lipinski definition) is 2. The topological polar surface area (TPSA) is 68.8 Å². The van der Waals surface area contributed by atoms with Crippen LogP contribution in [0.4, 0.5) is 5.69 Å². The van der Waals surface area contributed by atoms with Crippen LogP contribution in [0.15, 0.2) is 48.5 Å². The number of carbonyl (C=O) groups is 1. The minimum atomic E-state index is -0.351. The number of ether oxygens (including phenoxy) is 3. The van der Waals surface area contributed by atoms with E-state index in [-0.39, 0.29) is 11.0 Å². The molecule has 0 aliphatic heterocycles. The lowest BCUT2D eigenvalue weighted by Gasteiger charge is -2.12. The van der Waals surface area contributed by atoms with Gasteiger partial charge in [-0.3, -0.25) is 10.1 Å². The van der Waals surface area contributed by atoms with Crippen LogP contribution in [0.25, 0.3) is 6.08 Å². The van der Waals surface area contributed by atoms with Crippen LogP contribution in [0.3, 0.4) is 0 Å². The van der Waals surface area contributed by atoms with E-state index in [4.69, 9.17) is 26.4 Å². The van der Waals surface area contributed by atoms with Gasteiger partial charge in [-0.1, -0.05) is 18.2 Å². The molecule has 0 fully saturated rings. The summed E-state index contributed by atoms with van der Waals surface area (Å²) in [7, 11) is 3.13. The maximum Gasteiger partial charge on any atom is 0.250 e. The van der Waals surface area contributed by atoms with Crippen molar-refractivity contribution in [3.63, 3.8) is 0 Å². The smallest absolute Gasteiger partial charge is 0.250 e. The first kappa shape index (κ1) is 20.3. The predicted molar refractivity (Wildman–Crippen MR) is 111 cm³/mol. The molecule has 2 aromatic carbocycles. The Balaban J connectivity index is 1.97. The van der Waals surface area contributed by atoms with Gasteiger partial charge in [0.1, 0.15) is 5.75 Å². The number of hydrogen-bond acceptors (Lipinski definition) is 5. The van der Waals surface area contributed by atoms with Crippen LogP contribution >= 0.6 is 12.2 Å². The molecule has 27 heavy (non-hydrogen) atoms. The van der Waals surface area contributed by atoms with Gasteiger partial charge in [-0.25, -0.2) is 0 Å². The maximum absolute atomic E-state index is 12.1. The fourth-order valence-corrected chi connectivity index (χ4v) is 2.50. The van der Waals surface area contributed by atoms with Gasteiger partial charge in [-0.05, 0) is 55.0 Å². The zero-order valence-corrected chi connectivity index (χ0v) is 16.3. The van der Waals surface area contributed by atoms with Gasteiger partial charge in [0.25, 0.3) is 0 Å². The maximum atomic E-state index is 12.1. The average molecular weight is 386 g/mol. The van der Waals surface area contributed by atoms with Crippen molar-refractivity contribution in [3.8, 4) is 17.2 Å². The molecule has 1 amide bonds. The Hall–Kier alpha value is -3.06. The van der Waals surface area contributed by atoms with Gasteiger partial charge in [0.2, 0.25) is 5.91 Å². The van der Waals surface area contributed by atoms with Crippen LogP contribution in [0, 0.1) is 0 Å². The molecule has 0 bridgehead atoms.